The van der Waals surface area contributed by atoms with Crippen LogP contribution in [-0.4, -0.2) is 25.3 Å². The summed E-state index contributed by atoms with van der Waals surface area (Å²) in [5.41, 5.74) is 3.10. The lowest BCUT2D eigenvalue weighted by molar-refractivity contribution is -0.168. The minimum absolute atomic E-state index is 0.194. The topological polar surface area (TPSA) is 18.5 Å². The van der Waals surface area contributed by atoms with Crippen molar-refractivity contribution in [3.63, 3.8) is 0 Å². The van der Waals surface area contributed by atoms with E-state index in [-0.39, 0.29) is 5.34 Å². The van der Waals surface area contributed by atoms with Crippen LogP contribution in [-0.2, 0) is 14.3 Å². The Kier molecular flexibility index (Phi) is 8.40. The monoisotopic (exact) mass is 424 g/mol. The van der Waals surface area contributed by atoms with E-state index in [0.717, 1.165) is 16.7 Å². The molecule has 3 rings (SSSR count). The van der Waals surface area contributed by atoms with E-state index in [1.165, 1.54) is 0 Å². The summed E-state index contributed by atoms with van der Waals surface area (Å²) in [5, 5.41) is 0.194. The standard InChI is InChI=1S/C21H21ClO2.CH2Cl2/c1-23-20(24-2)15-13-19(14-16-20)21(22,17-9-5-3-6-10-17)18-11-7-4-8-12-18;2-1-3/h3-15H,16H2,1-2H3;1H2. The summed E-state index contributed by atoms with van der Waals surface area (Å²) in [5.74, 6) is -0.714. The Balaban J connectivity index is 0.000000817. The third kappa shape index (κ3) is 4.96. The molecule has 0 aromatic heterocycles. The van der Waals surface area contributed by atoms with Crippen molar-refractivity contribution in [1.82, 2.24) is 0 Å². The summed E-state index contributed by atoms with van der Waals surface area (Å²) < 4.78 is 11.0. The van der Waals surface area contributed by atoms with E-state index in [9.17, 15) is 0 Å². The van der Waals surface area contributed by atoms with Crippen LogP contribution < -0.4 is 0 Å². The third-order valence-corrected chi connectivity index (χ3v) is 5.21. The molecule has 0 spiro atoms. The molecule has 1 aliphatic carbocycles. The van der Waals surface area contributed by atoms with Gasteiger partial charge in [0.2, 0.25) is 0 Å². The van der Waals surface area contributed by atoms with Gasteiger partial charge in [0.25, 0.3) is 0 Å². The third-order valence-electron chi connectivity index (χ3n) is 4.56. The van der Waals surface area contributed by atoms with E-state index in [1.807, 2.05) is 48.6 Å². The number of halogens is 3. The lowest BCUT2D eigenvalue weighted by Crippen LogP contribution is -2.34. The van der Waals surface area contributed by atoms with Gasteiger partial charge in [0.05, 0.1) is 5.34 Å². The lowest BCUT2D eigenvalue weighted by atomic mass is 9.81. The molecule has 0 atom stereocenters. The van der Waals surface area contributed by atoms with Crippen LogP contribution in [0.3, 0.4) is 0 Å². The summed E-state index contributed by atoms with van der Waals surface area (Å²) >= 11 is 16.8. The predicted octanol–water partition coefficient (Wildman–Crippen LogP) is 6.47. The van der Waals surface area contributed by atoms with Crippen LogP contribution in [0.1, 0.15) is 17.5 Å². The predicted molar refractivity (Wildman–Crippen MR) is 115 cm³/mol. The Labute approximate surface area is 176 Å². The molecular weight excluding hydrogens is 403 g/mol. The first-order chi connectivity index (χ1) is 13.1. The van der Waals surface area contributed by atoms with Crippen molar-refractivity contribution in [2.45, 2.75) is 17.1 Å². The van der Waals surface area contributed by atoms with Gasteiger partial charge in [-0.05, 0) is 22.8 Å². The zero-order valence-electron chi connectivity index (χ0n) is 15.4. The number of benzene rings is 2. The minimum Gasteiger partial charge on any atom is -0.349 e. The molecule has 0 N–H and O–H groups in total. The van der Waals surface area contributed by atoms with E-state index in [4.69, 9.17) is 44.3 Å². The van der Waals surface area contributed by atoms with E-state index in [2.05, 4.69) is 30.3 Å². The lowest BCUT2D eigenvalue weighted by Gasteiger charge is -2.35. The quantitative estimate of drug-likeness (QED) is 0.404. The van der Waals surface area contributed by atoms with Crippen molar-refractivity contribution in [2.75, 3.05) is 19.6 Å². The van der Waals surface area contributed by atoms with E-state index < -0.39 is 10.7 Å². The molecule has 2 nitrogen and oxygen atoms in total. The molecule has 1 aliphatic rings. The van der Waals surface area contributed by atoms with Crippen LogP contribution in [0.25, 0.3) is 0 Å². The molecule has 5 heteroatoms. The number of hydrogen-bond acceptors (Lipinski definition) is 2. The molecule has 0 unspecified atom stereocenters. The second-order valence-corrected chi connectivity index (χ2v) is 7.28. The highest BCUT2D eigenvalue weighted by Gasteiger charge is 2.38. The first-order valence-electron chi connectivity index (χ1n) is 8.48. The summed E-state index contributed by atoms with van der Waals surface area (Å²) in [6, 6.07) is 20.3. The number of hydrogen-bond donors (Lipinski definition) is 0. The molecule has 0 radical (unpaired) electrons. The van der Waals surface area contributed by atoms with Crippen LogP contribution in [0.2, 0.25) is 0 Å². The smallest absolute Gasteiger partial charge is 0.190 e. The van der Waals surface area contributed by atoms with Crippen LogP contribution >= 0.6 is 34.8 Å². The molecule has 0 heterocycles. The van der Waals surface area contributed by atoms with Crippen LogP contribution in [0.4, 0.5) is 0 Å². The van der Waals surface area contributed by atoms with Crippen molar-refractivity contribution in [2.24, 2.45) is 0 Å². The first-order valence-corrected chi connectivity index (χ1v) is 9.93. The number of ether oxygens (including phenoxy) is 2. The van der Waals surface area contributed by atoms with Gasteiger partial charge in [0.15, 0.2) is 5.79 Å². The van der Waals surface area contributed by atoms with Gasteiger partial charge in [-0.25, -0.2) is 0 Å². The molecule has 144 valence electrons. The molecule has 0 fully saturated rings. The number of allylic oxidation sites excluding steroid dienone is 2. The van der Waals surface area contributed by atoms with Gasteiger partial charge in [-0.15, -0.1) is 34.8 Å². The van der Waals surface area contributed by atoms with Crippen LogP contribution in [0, 0.1) is 0 Å². The Morgan fingerprint density at radius 3 is 1.67 bits per heavy atom. The first kappa shape index (κ1) is 22.0. The number of alkyl halides is 3. The van der Waals surface area contributed by atoms with Gasteiger partial charge >= 0.3 is 0 Å². The van der Waals surface area contributed by atoms with Gasteiger partial charge in [0.1, 0.15) is 4.87 Å². The van der Waals surface area contributed by atoms with Crippen molar-refractivity contribution in [3.8, 4) is 0 Å². The molecule has 0 saturated heterocycles. The fourth-order valence-electron chi connectivity index (χ4n) is 3.08. The van der Waals surface area contributed by atoms with Crippen molar-refractivity contribution in [1.29, 1.82) is 0 Å². The molecular formula is C22H23Cl3O2. The second kappa shape index (κ2) is 10.3. The Hall–Kier alpha value is -1.29. The molecule has 0 aliphatic heterocycles. The summed E-state index contributed by atoms with van der Waals surface area (Å²) in [7, 11) is 3.30. The van der Waals surface area contributed by atoms with E-state index in [0.29, 0.717) is 6.42 Å². The van der Waals surface area contributed by atoms with Gasteiger partial charge in [-0.1, -0.05) is 72.8 Å². The molecule has 0 saturated carbocycles. The molecule has 2 aromatic carbocycles. The van der Waals surface area contributed by atoms with Gasteiger partial charge in [-0.2, -0.15) is 0 Å². The van der Waals surface area contributed by atoms with Crippen molar-refractivity contribution < 1.29 is 9.47 Å². The Morgan fingerprint density at radius 1 is 0.889 bits per heavy atom. The van der Waals surface area contributed by atoms with Crippen molar-refractivity contribution in [3.05, 3.63) is 95.6 Å². The minimum atomic E-state index is -0.743. The summed E-state index contributed by atoms with van der Waals surface area (Å²) in [6.07, 6.45) is 6.65. The maximum absolute atomic E-state index is 7.25. The van der Waals surface area contributed by atoms with Crippen molar-refractivity contribution >= 4 is 34.8 Å². The Bertz CT molecular complexity index is 714. The summed E-state index contributed by atoms with van der Waals surface area (Å²) in [4.78, 5) is -0.743. The van der Waals surface area contributed by atoms with Crippen LogP contribution in [0.5, 0.6) is 0 Å². The molecule has 27 heavy (non-hydrogen) atoms. The largest absolute Gasteiger partial charge is 0.349 e. The van der Waals surface area contributed by atoms with E-state index in [1.54, 1.807) is 14.2 Å². The number of rotatable bonds is 5. The zero-order valence-corrected chi connectivity index (χ0v) is 17.6. The average Bonchev–Trinajstić information content (AvgIpc) is 2.75. The van der Waals surface area contributed by atoms with Gasteiger partial charge in [-0.3, -0.25) is 0 Å². The molecule has 0 amide bonds. The number of methoxy groups -OCH3 is 2. The normalized spacial score (nSPS) is 15.5. The van der Waals surface area contributed by atoms with E-state index >= 15 is 0 Å². The van der Waals surface area contributed by atoms with Gasteiger partial charge in [0, 0.05) is 20.6 Å². The average molecular weight is 426 g/mol. The zero-order chi connectivity index (χ0) is 19.8. The summed E-state index contributed by atoms with van der Waals surface area (Å²) in [6.45, 7) is 0. The maximum atomic E-state index is 7.25. The maximum Gasteiger partial charge on any atom is 0.190 e. The highest BCUT2D eigenvalue weighted by atomic mass is 35.5. The fraction of sp³-hybridized carbons (Fsp3) is 0.273. The van der Waals surface area contributed by atoms with Crippen LogP contribution in [0.15, 0.2) is 84.5 Å². The highest BCUT2D eigenvalue weighted by molar-refractivity contribution is 6.40. The van der Waals surface area contributed by atoms with Gasteiger partial charge < -0.3 is 9.47 Å². The SMILES string of the molecule is COC1(OC)C=CC(C(Cl)(c2ccccc2)c2ccccc2)=CC1.ClCCl. The fourth-order valence-corrected chi connectivity index (χ4v) is 3.47. The molecule has 0 bridgehead atoms. The molecule has 2 aromatic rings. The second-order valence-electron chi connectivity index (χ2n) is 5.91. The Morgan fingerprint density at radius 2 is 1.33 bits per heavy atom. The highest BCUT2D eigenvalue weighted by Crippen LogP contribution is 2.45.